The monoisotopic (exact) mass is 212 g/mol. The van der Waals surface area contributed by atoms with Crippen LogP contribution in [0.5, 0.6) is 0 Å². The molecule has 0 saturated carbocycles. The van der Waals surface area contributed by atoms with E-state index in [0.29, 0.717) is 0 Å². The maximum atomic E-state index is 11.7. The molecule has 82 valence electrons. The van der Waals surface area contributed by atoms with Crippen molar-refractivity contribution in [2.24, 2.45) is 0 Å². The molecular formula is C10H12O5. The van der Waals surface area contributed by atoms with Crippen LogP contribution in [0.2, 0.25) is 0 Å². The Bertz CT molecular complexity index is 387. The van der Waals surface area contributed by atoms with E-state index >= 15 is 0 Å². The molecule has 0 saturated heterocycles. The first-order valence-corrected chi connectivity index (χ1v) is 4.30. The normalized spacial score (nSPS) is 26.4. The van der Waals surface area contributed by atoms with Crippen LogP contribution < -0.4 is 0 Å². The van der Waals surface area contributed by atoms with Crippen molar-refractivity contribution in [1.82, 2.24) is 0 Å². The van der Waals surface area contributed by atoms with Crippen LogP contribution in [-0.2, 0) is 14.3 Å². The summed E-state index contributed by atoms with van der Waals surface area (Å²) >= 11 is 0. The Kier molecular flexibility index (Phi) is 2.68. The molecule has 0 aromatic carbocycles. The van der Waals surface area contributed by atoms with Crippen molar-refractivity contribution < 1.29 is 24.5 Å². The average molecular weight is 212 g/mol. The van der Waals surface area contributed by atoms with Gasteiger partial charge in [0.2, 0.25) is 5.78 Å². The predicted molar refractivity (Wildman–Crippen MR) is 51.1 cm³/mol. The highest BCUT2D eigenvalue weighted by atomic mass is 16.5. The Morgan fingerprint density at radius 2 is 2.07 bits per heavy atom. The first kappa shape index (κ1) is 11.5. The molecule has 0 radical (unpaired) electrons. The van der Waals surface area contributed by atoms with E-state index in [1.165, 1.54) is 14.0 Å². The van der Waals surface area contributed by atoms with Crippen molar-refractivity contribution in [3.05, 3.63) is 23.2 Å². The van der Waals surface area contributed by atoms with Gasteiger partial charge in [0, 0.05) is 6.08 Å². The molecule has 5 nitrogen and oxygen atoms in total. The van der Waals surface area contributed by atoms with Gasteiger partial charge in [0.15, 0.2) is 11.4 Å². The first-order chi connectivity index (χ1) is 6.82. The molecule has 1 unspecified atom stereocenters. The Hall–Kier alpha value is -1.62. The van der Waals surface area contributed by atoms with Crippen LogP contribution in [0, 0.1) is 0 Å². The number of Topliss-reactive ketones (excluding diaryl/α,β-unsaturated/α-hetero) is 2. The third-order valence-corrected chi connectivity index (χ3v) is 2.24. The molecule has 0 amide bonds. The van der Waals surface area contributed by atoms with E-state index in [0.717, 1.165) is 13.0 Å². The van der Waals surface area contributed by atoms with Gasteiger partial charge in [-0.2, -0.15) is 0 Å². The SMILES string of the molecule is COC1=CC(O)=C(C(C)=O)C(=O)C1(C)O. The predicted octanol–water partition coefficient (Wildman–Crippen LogP) is 0.251. The van der Waals surface area contributed by atoms with Crippen LogP contribution in [0.4, 0.5) is 0 Å². The Labute approximate surface area is 86.7 Å². The standard InChI is InChI=1S/C10H12O5/c1-5(11)8-6(12)4-7(15-3)10(2,14)9(8)13/h4,12,14H,1-3H3. The quantitative estimate of drug-likeness (QED) is 0.641. The number of carbonyl (C=O) groups is 2. The Morgan fingerprint density at radius 3 is 2.47 bits per heavy atom. The van der Waals surface area contributed by atoms with E-state index in [-0.39, 0.29) is 5.76 Å². The van der Waals surface area contributed by atoms with Crippen LogP contribution in [0.25, 0.3) is 0 Å². The highest BCUT2D eigenvalue weighted by molar-refractivity contribution is 6.24. The minimum atomic E-state index is -1.90. The smallest absolute Gasteiger partial charge is 0.209 e. The van der Waals surface area contributed by atoms with Gasteiger partial charge in [0.1, 0.15) is 17.1 Å². The summed E-state index contributed by atoms with van der Waals surface area (Å²) in [6, 6.07) is 0. The molecule has 1 aliphatic carbocycles. The zero-order valence-electron chi connectivity index (χ0n) is 8.70. The van der Waals surface area contributed by atoms with Gasteiger partial charge in [-0.15, -0.1) is 0 Å². The minimum absolute atomic E-state index is 0.0880. The van der Waals surface area contributed by atoms with Gasteiger partial charge in [0.05, 0.1) is 7.11 Å². The van der Waals surface area contributed by atoms with Crippen molar-refractivity contribution >= 4 is 11.6 Å². The summed E-state index contributed by atoms with van der Waals surface area (Å²) in [6.45, 7) is 2.35. The van der Waals surface area contributed by atoms with E-state index < -0.39 is 28.5 Å². The second-order valence-electron chi connectivity index (χ2n) is 3.43. The zero-order valence-corrected chi connectivity index (χ0v) is 8.70. The number of aliphatic hydroxyl groups is 2. The number of allylic oxidation sites excluding steroid dienone is 1. The Morgan fingerprint density at radius 1 is 1.53 bits per heavy atom. The molecule has 1 atom stereocenters. The minimum Gasteiger partial charge on any atom is -0.507 e. The number of aliphatic hydroxyl groups excluding tert-OH is 1. The van der Waals surface area contributed by atoms with Crippen molar-refractivity contribution in [2.75, 3.05) is 7.11 Å². The molecule has 1 rings (SSSR count). The third-order valence-electron chi connectivity index (χ3n) is 2.24. The molecule has 0 fully saturated rings. The van der Waals surface area contributed by atoms with Crippen LogP contribution in [0.15, 0.2) is 23.2 Å². The van der Waals surface area contributed by atoms with Gasteiger partial charge in [-0.25, -0.2) is 0 Å². The molecule has 5 heteroatoms. The van der Waals surface area contributed by atoms with Crippen molar-refractivity contribution in [3.8, 4) is 0 Å². The molecule has 0 aliphatic heterocycles. The molecule has 15 heavy (non-hydrogen) atoms. The van der Waals surface area contributed by atoms with E-state index in [1.54, 1.807) is 0 Å². The fourth-order valence-electron chi connectivity index (χ4n) is 1.41. The average Bonchev–Trinajstić information content (AvgIpc) is 2.11. The summed E-state index contributed by atoms with van der Waals surface area (Å²) in [5.41, 5.74) is -2.30. The number of rotatable bonds is 2. The van der Waals surface area contributed by atoms with Crippen LogP contribution >= 0.6 is 0 Å². The molecular weight excluding hydrogens is 200 g/mol. The lowest BCUT2D eigenvalue weighted by Crippen LogP contribution is -2.43. The molecule has 0 aromatic rings. The summed E-state index contributed by atoms with van der Waals surface area (Å²) in [5, 5.41) is 19.2. The lowest BCUT2D eigenvalue weighted by Gasteiger charge is -2.27. The summed E-state index contributed by atoms with van der Waals surface area (Å²) in [6.07, 6.45) is 1.07. The number of hydrogen-bond donors (Lipinski definition) is 2. The molecule has 0 bridgehead atoms. The summed E-state index contributed by atoms with van der Waals surface area (Å²) in [4.78, 5) is 22.7. The topological polar surface area (TPSA) is 83.8 Å². The number of methoxy groups -OCH3 is 1. The van der Waals surface area contributed by atoms with E-state index in [1.807, 2.05) is 0 Å². The zero-order chi connectivity index (χ0) is 11.8. The van der Waals surface area contributed by atoms with E-state index in [4.69, 9.17) is 4.74 Å². The second-order valence-corrected chi connectivity index (χ2v) is 3.43. The highest BCUT2D eigenvalue weighted by Crippen LogP contribution is 2.29. The van der Waals surface area contributed by atoms with Crippen LogP contribution in [0.1, 0.15) is 13.8 Å². The summed E-state index contributed by atoms with van der Waals surface area (Å²) < 4.78 is 4.76. The lowest BCUT2D eigenvalue weighted by molar-refractivity contribution is -0.133. The van der Waals surface area contributed by atoms with Gasteiger partial charge >= 0.3 is 0 Å². The maximum absolute atomic E-state index is 11.7. The van der Waals surface area contributed by atoms with Gasteiger partial charge in [-0.1, -0.05) is 0 Å². The first-order valence-electron chi connectivity index (χ1n) is 4.30. The number of ketones is 2. The number of ether oxygens (including phenoxy) is 1. The highest BCUT2D eigenvalue weighted by Gasteiger charge is 2.43. The second kappa shape index (κ2) is 3.51. The number of hydrogen-bond acceptors (Lipinski definition) is 5. The van der Waals surface area contributed by atoms with Gasteiger partial charge < -0.3 is 14.9 Å². The molecule has 1 aliphatic rings. The van der Waals surface area contributed by atoms with Crippen LogP contribution in [-0.4, -0.2) is 34.5 Å². The number of carbonyl (C=O) groups excluding carboxylic acids is 2. The van der Waals surface area contributed by atoms with E-state index in [2.05, 4.69) is 0 Å². The van der Waals surface area contributed by atoms with Crippen molar-refractivity contribution in [3.63, 3.8) is 0 Å². The summed E-state index contributed by atoms with van der Waals surface area (Å²) in [5.74, 6) is -2.01. The van der Waals surface area contributed by atoms with E-state index in [9.17, 15) is 19.8 Å². The van der Waals surface area contributed by atoms with Crippen molar-refractivity contribution in [1.29, 1.82) is 0 Å². The fourth-order valence-corrected chi connectivity index (χ4v) is 1.41. The Balaban J connectivity index is 3.37. The molecule has 0 heterocycles. The summed E-state index contributed by atoms with van der Waals surface area (Å²) in [7, 11) is 1.26. The fraction of sp³-hybridized carbons (Fsp3) is 0.400. The largest absolute Gasteiger partial charge is 0.507 e. The molecule has 0 aromatic heterocycles. The lowest BCUT2D eigenvalue weighted by atomic mass is 9.85. The van der Waals surface area contributed by atoms with Gasteiger partial charge in [-0.05, 0) is 13.8 Å². The van der Waals surface area contributed by atoms with Crippen molar-refractivity contribution in [2.45, 2.75) is 19.4 Å². The van der Waals surface area contributed by atoms with Gasteiger partial charge in [0.25, 0.3) is 0 Å². The van der Waals surface area contributed by atoms with Gasteiger partial charge in [-0.3, -0.25) is 9.59 Å². The third kappa shape index (κ3) is 1.66. The molecule has 2 N–H and O–H groups in total. The van der Waals surface area contributed by atoms with Crippen LogP contribution in [0.3, 0.4) is 0 Å². The molecule has 0 spiro atoms. The maximum Gasteiger partial charge on any atom is 0.209 e.